The summed E-state index contributed by atoms with van der Waals surface area (Å²) in [6.45, 7) is 0. The van der Waals surface area contributed by atoms with Gasteiger partial charge in [-0.25, -0.2) is 4.79 Å². The molecule has 4 nitrogen and oxygen atoms in total. The number of alkyl halides is 3. The van der Waals surface area contributed by atoms with E-state index in [1.807, 2.05) is 30.3 Å². The van der Waals surface area contributed by atoms with Gasteiger partial charge in [-0.1, -0.05) is 30.3 Å². The van der Waals surface area contributed by atoms with E-state index in [9.17, 15) is 18.0 Å². The highest BCUT2D eigenvalue weighted by atomic mass is 19.4. The van der Waals surface area contributed by atoms with Gasteiger partial charge in [0.2, 0.25) is 6.10 Å². The lowest BCUT2D eigenvalue weighted by Crippen LogP contribution is -2.40. The van der Waals surface area contributed by atoms with Crippen LogP contribution in [0.3, 0.4) is 0 Å². The largest absolute Gasteiger partial charge is 0.496 e. The third-order valence-electron chi connectivity index (χ3n) is 4.03. The van der Waals surface area contributed by atoms with Crippen LogP contribution >= 0.6 is 0 Å². The zero-order valence-electron chi connectivity index (χ0n) is 13.7. The standard InChI is InChI=1S/C19H15F3O4/c1-25-15-9-13-8-14(18(23)24)17(19(20,21)22)26-16(13)10-12(15)7-11-5-3-2-4-6-11/h2-6,8-10,17H,7H2,1H3,(H,23,24). The summed E-state index contributed by atoms with van der Waals surface area (Å²) in [5, 5.41) is 9.09. The molecule has 0 amide bonds. The molecule has 0 bridgehead atoms. The Bertz CT molecular complexity index is 857. The quantitative estimate of drug-likeness (QED) is 0.888. The highest BCUT2D eigenvalue weighted by molar-refractivity contribution is 5.95. The third-order valence-corrected chi connectivity index (χ3v) is 4.03. The molecule has 0 fully saturated rings. The van der Waals surface area contributed by atoms with Crippen molar-refractivity contribution in [2.75, 3.05) is 7.11 Å². The van der Waals surface area contributed by atoms with Crippen molar-refractivity contribution in [2.24, 2.45) is 0 Å². The van der Waals surface area contributed by atoms with Gasteiger partial charge in [-0.2, -0.15) is 13.2 Å². The van der Waals surface area contributed by atoms with Gasteiger partial charge in [-0.3, -0.25) is 0 Å². The Morgan fingerprint density at radius 2 is 1.92 bits per heavy atom. The summed E-state index contributed by atoms with van der Waals surface area (Å²) in [5.41, 5.74) is 0.973. The number of methoxy groups -OCH3 is 1. The lowest BCUT2D eigenvalue weighted by atomic mass is 9.97. The van der Waals surface area contributed by atoms with Crippen molar-refractivity contribution >= 4 is 12.0 Å². The van der Waals surface area contributed by atoms with Crippen molar-refractivity contribution in [1.82, 2.24) is 0 Å². The summed E-state index contributed by atoms with van der Waals surface area (Å²) < 4.78 is 49.9. The molecule has 136 valence electrons. The molecule has 1 atom stereocenters. The maximum Gasteiger partial charge on any atom is 0.430 e. The molecule has 1 N–H and O–H groups in total. The van der Waals surface area contributed by atoms with Crippen molar-refractivity contribution < 1.29 is 32.5 Å². The fraction of sp³-hybridized carbons (Fsp3) is 0.211. The van der Waals surface area contributed by atoms with Crippen LogP contribution in [0.5, 0.6) is 11.5 Å². The summed E-state index contributed by atoms with van der Waals surface area (Å²) in [6.07, 6.45) is -5.92. The van der Waals surface area contributed by atoms with Crippen LogP contribution in [0.25, 0.3) is 6.08 Å². The van der Waals surface area contributed by atoms with Gasteiger partial charge in [0.05, 0.1) is 12.7 Å². The molecule has 0 spiro atoms. The molecule has 0 aliphatic carbocycles. The first-order chi connectivity index (χ1) is 12.3. The van der Waals surface area contributed by atoms with E-state index < -0.39 is 23.8 Å². The van der Waals surface area contributed by atoms with E-state index in [2.05, 4.69) is 0 Å². The molecule has 3 rings (SSSR count). The van der Waals surface area contributed by atoms with Crippen LogP contribution < -0.4 is 9.47 Å². The predicted octanol–water partition coefficient (Wildman–Crippen LogP) is 4.08. The van der Waals surface area contributed by atoms with Gasteiger partial charge < -0.3 is 14.6 Å². The van der Waals surface area contributed by atoms with Crippen molar-refractivity contribution in [2.45, 2.75) is 18.7 Å². The van der Waals surface area contributed by atoms with Gasteiger partial charge in [0.25, 0.3) is 0 Å². The number of carbonyl (C=O) groups is 1. The normalized spacial score (nSPS) is 16.3. The highest BCUT2D eigenvalue weighted by Gasteiger charge is 2.48. The van der Waals surface area contributed by atoms with Crippen LogP contribution in [0.15, 0.2) is 48.0 Å². The minimum atomic E-state index is -4.83. The molecule has 7 heteroatoms. The summed E-state index contributed by atoms with van der Waals surface area (Å²) in [4.78, 5) is 11.2. The highest BCUT2D eigenvalue weighted by Crippen LogP contribution is 2.40. The first-order valence-electron chi connectivity index (χ1n) is 7.72. The predicted molar refractivity (Wildman–Crippen MR) is 88.3 cm³/mol. The lowest BCUT2D eigenvalue weighted by Gasteiger charge is -2.27. The number of hydrogen-bond donors (Lipinski definition) is 1. The summed E-state index contributed by atoms with van der Waals surface area (Å²) in [7, 11) is 1.44. The van der Waals surface area contributed by atoms with Gasteiger partial charge in [0.15, 0.2) is 0 Å². The number of halogens is 3. The lowest BCUT2D eigenvalue weighted by molar-refractivity contribution is -0.187. The van der Waals surface area contributed by atoms with Crippen LogP contribution in [0.1, 0.15) is 16.7 Å². The maximum atomic E-state index is 13.2. The second-order valence-corrected chi connectivity index (χ2v) is 5.81. The van der Waals surface area contributed by atoms with Gasteiger partial charge in [0, 0.05) is 17.5 Å². The number of carboxylic acid groups (broad SMARTS) is 1. The Labute approximate surface area is 147 Å². The molecule has 2 aromatic carbocycles. The Kier molecular flexibility index (Phi) is 4.63. The second-order valence-electron chi connectivity index (χ2n) is 5.81. The molecular weight excluding hydrogens is 349 g/mol. The Hall–Kier alpha value is -2.96. The fourth-order valence-electron chi connectivity index (χ4n) is 2.83. The van der Waals surface area contributed by atoms with E-state index >= 15 is 0 Å². The summed E-state index contributed by atoms with van der Waals surface area (Å²) in [6, 6.07) is 12.3. The van der Waals surface area contributed by atoms with Crippen molar-refractivity contribution in [3.05, 3.63) is 64.7 Å². The summed E-state index contributed by atoms with van der Waals surface area (Å²) >= 11 is 0. The van der Waals surface area contributed by atoms with Crippen molar-refractivity contribution in [3.8, 4) is 11.5 Å². The molecule has 0 saturated heterocycles. The van der Waals surface area contributed by atoms with E-state index in [0.717, 1.165) is 11.6 Å². The molecule has 2 aromatic rings. The minimum Gasteiger partial charge on any atom is -0.496 e. The Morgan fingerprint density at radius 1 is 1.23 bits per heavy atom. The first kappa shape index (κ1) is 17.8. The number of hydrogen-bond acceptors (Lipinski definition) is 3. The number of rotatable bonds is 4. The average Bonchev–Trinajstić information content (AvgIpc) is 2.60. The molecule has 0 aromatic heterocycles. The molecule has 1 heterocycles. The van der Waals surface area contributed by atoms with E-state index in [1.54, 1.807) is 0 Å². The topological polar surface area (TPSA) is 55.8 Å². The van der Waals surface area contributed by atoms with E-state index in [-0.39, 0.29) is 11.3 Å². The van der Waals surface area contributed by atoms with E-state index in [4.69, 9.17) is 14.6 Å². The minimum absolute atomic E-state index is 0.0240. The summed E-state index contributed by atoms with van der Waals surface area (Å²) in [5.74, 6) is -1.25. The van der Waals surface area contributed by atoms with Gasteiger partial charge >= 0.3 is 12.1 Å². The molecular formula is C19H15F3O4. The average molecular weight is 364 g/mol. The maximum absolute atomic E-state index is 13.2. The number of fused-ring (bicyclic) bond motifs is 1. The van der Waals surface area contributed by atoms with Crippen molar-refractivity contribution in [1.29, 1.82) is 0 Å². The van der Waals surface area contributed by atoms with Gasteiger partial charge in [-0.05, 0) is 23.8 Å². The SMILES string of the molecule is COc1cc2c(cc1Cc1ccccc1)OC(C(F)(F)F)C(C(=O)O)=C2. The molecule has 0 saturated carbocycles. The number of aliphatic carboxylic acids is 1. The zero-order valence-corrected chi connectivity index (χ0v) is 13.7. The number of carboxylic acids is 1. The van der Waals surface area contributed by atoms with Crippen LogP contribution in [-0.2, 0) is 11.2 Å². The van der Waals surface area contributed by atoms with E-state index in [0.29, 0.717) is 17.7 Å². The van der Waals surface area contributed by atoms with E-state index in [1.165, 1.54) is 19.2 Å². The second kappa shape index (κ2) is 6.74. The molecule has 0 radical (unpaired) electrons. The fourth-order valence-corrected chi connectivity index (χ4v) is 2.83. The molecule has 26 heavy (non-hydrogen) atoms. The smallest absolute Gasteiger partial charge is 0.430 e. The van der Waals surface area contributed by atoms with Crippen LogP contribution in [0.4, 0.5) is 13.2 Å². The van der Waals surface area contributed by atoms with Crippen molar-refractivity contribution in [3.63, 3.8) is 0 Å². The number of benzene rings is 2. The zero-order chi connectivity index (χ0) is 18.9. The molecule has 1 unspecified atom stereocenters. The van der Waals surface area contributed by atoms with Crippen LogP contribution in [0, 0.1) is 0 Å². The van der Waals surface area contributed by atoms with Crippen LogP contribution in [0.2, 0.25) is 0 Å². The van der Waals surface area contributed by atoms with Gasteiger partial charge in [-0.15, -0.1) is 0 Å². The number of ether oxygens (including phenoxy) is 2. The van der Waals surface area contributed by atoms with Crippen LogP contribution in [-0.4, -0.2) is 30.5 Å². The first-order valence-corrected chi connectivity index (χ1v) is 7.72. The Morgan fingerprint density at radius 3 is 2.50 bits per heavy atom. The molecule has 1 aliphatic heterocycles. The Balaban J connectivity index is 2.05. The molecule has 1 aliphatic rings. The third kappa shape index (κ3) is 3.51. The monoisotopic (exact) mass is 364 g/mol. The van der Waals surface area contributed by atoms with Gasteiger partial charge in [0.1, 0.15) is 11.5 Å².